The van der Waals surface area contributed by atoms with E-state index in [4.69, 9.17) is 0 Å². The molecule has 0 saturated heterocycles. The Balaban J connectivity index is -0.000000234. The van der Waals surface area contributed by atoms with Gasteiger partial charge in [-0.25, -0.2) is 12.2 Å². The van der Waals surface area contributed by atoms with Crippen molar-refractivity contribution in [1.82, 2.24) is 0 Å². The van der Waals surface area contributed by atoms with Crippen LogP contribution < -0.4 is 5.19 Å². The number of hydrogen-bond acceptors (Lipinski definition) is 0. The zero-order valence-corrected chi connectivity index (χ0v) is 22.2. The van der Waals surface area contributed by atoms with Gasteiger partial charge in [0.05, 0.1) is 9.52 Å². The van der Waals surface area contributed by atoms with Crippen molar-refractivity contribution in [2.45, 2.75) is 73.3 Å². The largest absolute Gasteiger partial charge is 0.273 e. The van der Waals surface area contributed by atoms with Crippen molar-refractivity contribution in [3.63, 3.8) is 0 Å². The van der Waals surface area contributed by atoms with Gasteiger partial charge in [0.15, 0.2) is 0 Å². The van der Waals surface area contributed by atoms with Crippen LogP contribution in [0, 0.1) is 40.7 Å². The molecular weight excluding hydrogens is 435 g/mol. The fourth-order valence-corrected chi connectivity index (χ4v) is 4.64. The van der Waals surface area contributed by atoms with E-state index in [9.17, 15) is 0 Å². The van der Waals surface area contributed by atoms with Crippen molar-refractivity contribution in [3.05, 3.63) is 52.1 Å². The van der Waals surface area contributed by atoms with E-state index in [0.29, 0.717) is 9.52 Å². The first-order valence-corrected chi connectivity index (χ1v) is 10.0. The molecule has 0 bridgehead atoms. The fraction of sp³-hybridized carbons (Fsp3) is 0.524. The van der Waals surface area contributed by atoms with Gasteiger partial charge in [-0.3, -0.25) is 6.08 Å². The van der Waals surface area contributed by atoms with Crippen LogP contribution in [-0.4, -0.2) is 9.52 Å². The van der Waals surface area contributed by atoms with Crippen molar-refractivity contribution in [3.8, 4) is 0 Å². The second-order valence-electron chi connectivity index (χ2n) is 6.24. The molecule has 26 heavy (non-hydrogen) atoms. The first-order valence-electron chi connectivity index (χ1n) is 8.62. The molecule has 0 aromatic heterocycles. The number of hydrogen-bond donors (Lipinski definition) is 0. The van der Waals surface area contributed by atoms with Gasteiger partial charge in [-0.05, 0) is 62.4 Å². The fourth-order valence-electron chi connectivity index (χ4n) is 2.82. The Morgan fingerprint density at radius 3 is 1.69 bits per heavy atom. The van der Waals surface area contributed by atoms with E-state index in [2.05, 4.69) is 53.7 Å². The van der Waals surface area contributed by atoms with Gasteiger partial charge in [0.25, 0.3) is 0 Å². The molecule has 0 spiro atoms. The molecule has 1 aromatic carbocycles. The molecule has 0 fully saturated rings. The molecule has 5 heteroatoms. The number of unbranched alkanes of at least 4 members (excludes halogenated alkanes) is 2. The van der Waals surface area contributed by atoms with Gasteiger partial charge in [0, 0.05) is 21.7 Å². The van der Waals surface area contributed by atoms with Crippen molar-refractivity contribution >= 4 is 51.9 Å². The van der Waals surface area contributed by atoms with Crippen LogP contribution in [0.15, 0.2) is 18.2 Å². The van der Waals surface area contributed by atoms with E-state index in [1.165, 1.54) is 42.0 Å². The minimum absolute atomic E-state index is 0. The molecule has 1 radical (unpaired) electrons. The summed E-state index contributed by atoms with van der Waals surface area (Å²) >= 11 is 0. The quantitative estimate of drug-likeness (QED) is 0.263. The van der Waals surface area contributed by atoms with E-state index in [0.717, 1.165) is 6.42 Å². The maximum Gasteiger partial charge on any atom is 0.0675 e. The minimum atomic E-state index is 0. The van der Waals surface area contributed by atoms with Crippen LogP contribution in [0.4, 0.5) is 0 Å². The Morgan fingerprint density at radius 2 is 1.35 bits per heavy atom. The summed E-state index contributed by atoms with van der Waals surface area (Å²) in [6.07, 6.45) is 14.1. The summed E-state index contributed by atoms with van der Waals surface area (Å²) in [7, 11) is 0.476. The van der Waals surface area contributed by atoms with Crippen LogP contribution >= 0.6 is 37.2 Å². The number of rotatable bonds is 5. The summed E-state index contributed by atoms with van der Waals surface area (Å²) in [5, 5.41) is 1.70. The van der Waals surface area contributed by atoms with E-state index in [1.807, 2.05) is 12.2 Å². The van der Waals surface area contributed by atoms with Crippen LogP contribution in [0.3, 0.4) is 0 Å². The van der Waals surface area contributed by atoms with E-state index in [-0.39, 0.29) is 58.9 Å². The number of benzene rings is 1. The number of allylic oxidation sites excluding steroid dienone is 4. The standard InChI is InChI=1S/C16H27Si.C5H5.3ClH.Ti/c1-7-8-9-10-17-16-14(5)12(3)11(2)13(4)15(16)6;1-2-4-5-3-1;;;;/h17H,7-10H2,1-6H3;1-3H,4H2;3*1H;/q;-1;;;;. The second-order valence-corrected chi connectivity index (χ2v) is 7.80. The molecule has 0 saturated carbocycles. The molecule has 0 atom stereocenters. The summed E-state index contributed by atoms with van der Waals surface area (Å²) in [4.78, 5) is 0. The van der Waals surface area contributed by atoms with Gasteiger partial charge in [-0.15, -0.1) is 43.6 Å². The molecule has 1 aromatic rings. The third-order valence-electron chi connectivity index (χ3n) is 4.80. The predicted molar refractivity (Wildman–Crippen MR) is 125 cm³/mol. The summed E-state index contributed by atoms with van der Waals surface area (Å²) in [5.41, 5.74) is 7.67. The van der Waals surface area contributed by atoms with Crippen LogP contribution in [0.2, 0.25) is 6.04 Å². The van der Waals surface area contributed by atoms with Crippen molar-refractivity contribution in [2.24, 2.45) is 0 Å². The SMILES string of the molecule is CCCCC[SiH]c1c(C)c(C)c(C)c(C)c1C.Cl.Cl.Cl.[C-]1=CC=CC1.[Ti]. The molecule has 0 amide bonds. The molecular formula is C21H35Cl3SiTi-. The maximum atomic E-state index is 2.99. The van der Waals surface area contributed by atoms with E-state index in [1.54, 1.807) is 16.3 Å². The van der Waals surface area contributed by atoms with Crippen LogP contribution in [0.5, 0.6) is 0 Å². The minimum Gasteiger partial charge on any atom is -0.273 e. The van der Waals surface area contributed by atoms with Crippen LogP contribution in [-0.2, 0) is 21.7 Å². The van der Waals surface area contributed by atoms with Crippen molar-refractivity contribution in [2.75, 3.05) is 0 Å². The molecule has 0 unspecified atom stereocenters. The van der Waals surface area contributed by atoms with Gasteiger partial charge >= 0.3 is 0 Å². The Morgan fingerprint density at radius 1 is 0.846 bits per heavy atom. The van der Waals surface area contributed by atoms with Gasteiger partial charge in [0.1, 0.15) is 0 Å². The first kappa shape index (κ1) is 34.0. The summed E-state index contributed by atoms with van der Waals surface area (Å²) in [6, 6.07) is 1.43. The van der Waals surface area contributed by atoms with Crippen molar-refractivity contribution in [1.29, 1.82) is 0 Å². The molecule has 1 aliphatic carbocycles. The Labute approximate surface area is 198 Å². The first-order chi connectivity index (χ1) is 10.5. The summed E-state index contributed by atoms with van der Waals surface area (Å²) in [6.45, 7) is 13.7. The average Bonchev–Trinajstić information content (AvgIpc) is 3.10. The molecule has 0 nitrogen and oxygen atoms in total. The summed E-state index contributed by atoms with van der Waals surface area (Å²) in [5.74, 6) is 0. The molecule has 149 valence electrons. The second kappa shape index (κ2) is 18.8. The van der Waals surface area contributed by atoms with Crippen molar-refractivity contribution < 1.29 is 21.7 Å². The third kappa shape index (κ3) is 10.7. The predicted octanol–water partition coefficient (Wildman–Crippen LogP) is 6.47. The topological polar surface area (TPSA) is 0 Å². The maximum absolute atomic E-state index is 2.99. The van der Waals surface area contributed by atoms with Gasteiger partial charge < -0.3 is 0 Å². The third-order valence-corrected chi connectivity index (χ3v) is 6.77. The van der Waals surface area contributed by atoms with Crippen LogP contribution in [0.25, 0.3) is 0 Å². The molecule has 1 aliphatic rings. The molecule has 0 aliphatic heterocycles. The average molecular weight is 470 g/mol. The summed E-state index contributed by atoms with van der Waals surface area (Å²) < 4.78 is 0. The molecule has 0 N–H and O–H groups in total. The van der Waals surface area contributed by atoms with Crippen LogP contribution in [0.1, 0.15) is 60.4 Å². The monoisotopic (exact) mass is 468 g/mol. The smallest absolute Gasteiger partial charge is 0.0675 e. The number of halogens is 3. The zero-order valence-electron chi connectivity index (χ0n) is 17.1. The Hall–Kier alpha value is 0.501. The Kier molecular flexibility index (Phi) is 24.7. The van der Waals surface area contributed by atoms with Gasteiger partial charge in [0.2, 0.25) is 0 Å². The van der Waals surface area contributed by atoms with Gasteiger partial charge in [-0.1, -0.05) is 37.4 Å². The normalized spacial score (nSPS) is 10.5. The Bertz CT molecular complexity index is 516. The molecule has 0 heterocycles. The molecule has 2 rings (SSSR count). The van der Waals surface area contributed by atoms with E-state index >= 15 is 0 Å². The van der Waals surface area contributed by atoms with Gasteiger partial charge in [-0.2, -0.15) is 6.08 Å². The zero-order chi connectivity index (χ0) is 16.5. The van der Waals surface area contributed by atoms with E-state index < -0.39 is 0 Å².